The number of carbonyl (C=O) groups excluding carboxylic acids is 1. The number of halogens is 2. The minimum absolute atomic E-state index is 0.224. The molecule has 0 atom stereocenters. The first kappa shape index (κ1) is 13.9. The fourth-order valence-corrected chi connectivity index (χ4v) is 1.92. The van der Waals surface area contributed by atoms with Gasteiger partial charge in [0.05, 0.1) is 17.2 Å². The average Bonchev–Trinajstić information content (AvgIpc) is 2.28. The summed E-state index contributed by atoms with van der Waals surface area (Å²) in [7, 11) is 1.47. The molecule has 0 radical (unpaired) electrons. The Kier molecular flexibility index (Phi) is 5.32. The van der Waals surface area contributed by atoms with Crippen LogP contribution in [-0.4, -0.2) is 19.6 Å². The summed E-state index contributed by atoms with van der Waals surface area (Å²) in [6, 6.07) is 3.05. The third-order valence-electron chi connectivity index (χ3n) is 2.10. The molecule has 0 aliphatic heterocycles. The maximum absolute atomic E-state index is 11.7. The molecule has 0 unspecified atom stereocenters. The highest BCUT2D eigenvalue weighted by Gasteiger charge is 2.12. The number of benzene rings is 1. The number of amides is 1. The van der Waals surface area contributed by atoms with Crippen LogP contribution in [0.3, 0.4) is 0 Å². The van der Waals surface area contributed by atoms with Crippen LogP contribution in [0.25, 0.3) is 0 Å². The summed E-state index contributed by atoms with van der Waals surface area (Å²) < 4.78 is 5.00. The molecule has 5 heteroatoms. The number of methoxy groups -OCH3 is 1. The lowest BCUT2D eigenvalue weighted by molar-refractivity contribution is 0.0954. The van der Waals surface area contributed by atoms with Crippen LogP contribution in [0, 0.1) is 0 Å². The second-order valence-corrected chi connectivity index (χ2v) is 4.12. The molecule has 0 spiro atoms. The van der Waals surface area contributed by atoms with Crippen molar-refractivity contribution in [2.24, 2.45) is 0 Å². The third kappa shape index (κ3) is 3.65. The summed E-state index contributed by atoms with van der Waals surface area (Å²) in [5, 5.41) is 3.35. The normalized spacial score (nSPS) is 9.82. The van der Waals surface area contributed by atoms with Crippen molar-refractivity contribution in [3.05, 3.63) is 40.4 Å². The Morgan fingerprint density at radius 2 is 2.06 bits per heavy atom. The van der Waals surface area contributed by atoms with Crippen LogP contribution < -0.4 is 10.1 Å². The zero-order valence-corrected chi connectivity index (χ0v) is 10.9. The summed E-state index contributed by atoms with van der Waals surface area (Å²) >= 11 is 11.9. The van der Waals surface area contributed by atoms with Crippen LogP contribution in [0.5, 0.6) is 5.75 Å². The second-order valence-electron chi connectivity index (χ2n) is 3.31. The Bertz CT molecular complexity index is 410. The smallest absolute Gasteiger partial charge is 0.251 e. The Morgan fingerprint density at radius 1 is 1.47 bits per heavy atom. The van der Waals surface area contributed by atoms with Gasteiger partial charge >= 0.3 is 0 Å². The van der Waals surface area contributed by atoms with E-state index in [9.17, 15) is 4.79 Å². The van der Waals surface area contributed by atoms with Crippen LogP contribution in [0.1, 0.15) is 16.8 Å². The first-order valence-electron chi connectivity index (χ1n) is 5.02. The summed E-state index contributed by atoms with van der Waals surface area (Å²) in [5.41, 5.74) is 0.407. The topological polar surface area (TPSA) is 38.3 Å². The van der Waals surface area contributed by atoms with Gasteiger partial charge in [-0.25, -0.2) is 0 Å². The number of rotatable bonds is 5. The van der Waals surface area contributed by atoms with E-state index in [0.717, 1.165) is 0 Å². The molecule has 3 nitrogen and oxygen atoms in total. The van der Waals surface area contributed by atoms with Gasteiger partial charge in [-0.15, -0.1) is 6.58 Å². The highest BCUT2D eigenvalue weighted by atomic mass is 35.5. The van der Waals surface area contributed by atoms with Gasteiger partial charge in [0.2, 0.25) is 0 Å². The van der Waals surface area contributed by atoms with Crippen molar-refractivity contribution in [3.63, 3.8) is 0 Å². The summed E-state index contributed by atoms with van der Waals surface area (Å²) in [6.07, 6.45) is 2.44. The van der Waals surface area contributed by atoms with Gasteiger partial charge in [0.15, 0.2) is 5.75 Å². The lowest BCUT2D eigenvalue weighted by Crippen LogP contribution is -2.24. The molecule has 92 valence electrons. The number of hydrogen-bond donors (Lipinski definition) is 1. The summed E-state index contributed by atoms with van der Waals surface area (Å²) in [4.78, 5) is 11.7. The molecule has 0 bridgehead atoms. The Balaban J connectivity index is 2.85. The predicted octanol–water partition coefficient (Wildman–Crippen LogP) is 3.31. The second kappa shape index (κ2) is 6.52. The van der Waals surface area contributed by atoms with Crippen LogP contribution in [-0.2, 0) is 0 Å². The minimum Gasteiger partial charge on any atom is -0.494 e. The number of carbonyl (C=O) groups is 1. The quantitative estimate of drug-likeness (QED) is 0.660. The van der Waals surface area contributed by atoms with E-state index in [2.05, 4.69) is 11.9 Å². The van der Waals surface area contributed by atoms with Crippen molar-refractivity contribution in [3.8, 4) is 5.75 Å². The fourth-order valence-electron chi connectivity index (χ4n) is 1.28. The van der Waals surface area contributed by atoms with E-state index in [1.54, 1.807) is 6.08 Å². The van der Waals surface area contributed by atoms with Gasteiger partial charge in [0.1, 0.15) is 0 Å². The molecular weight excluding hydrogens is 261 g/mol. The average molecular weight is 274 g/mol. The van der Waals surface area contributed by atoms with Crippen LogP contribution in [0.4, 0.5) is 0 Å². The molecule has 0 aliphatic carbocycles. The third-order valence-corrected chi connectivity index (χ3v) is 2.66. The lowest BCUT2D eigenvalue weighted by atomic mass is 10.2. The van der Waals surface area contributed by atoms with Gasteiger partial charge in [0, 0.05) is 12.1 Å². The van der Waals surface area contributed by atoms with E-state index >= 15 is 0 Å². The van der Waals surface area contributed by atoms with Crippen LogP contribution in [0.15, 0.2) is 24.8 Å². The molecule has 1 amide bonds. The molecule has 1 rings (SSSR count). The van der Waals surface area contributed by atoms with E-state index in [-0.39, 0.29) is 5.91 Å². The summed E-state index contributed by atoms with van der Waals surface area (Å²) in [6.45, 7) is 4.10. The maximum Gasteiger partial charge on any atom is 0.251 e. The van der Waals surface area contributed by atoms with E-state index in [0.29, 0.717) is 34.3 Å². The van der Waals surface area contributed by atoms with Crippen molar-refractivity contribution in [1.82, 2.24) is 5.32 Å². The first-order chi connectivity index (χ1) is 8.10. The highest BCUT2D eigenvalue weighted by molar-refractivity contribution is 6.37. The first-order valence-corrected chi connectivity index (χ1v) is 5.78. The lowest BCUT2D eigenvalue weighted by Gasteiger charge is -2.08. The van der Waals surface area contributed by atoms with Crippen molar-refractivity contribution in [2.45, 2.75) is 6.42 Å². The molecule has 1 N–H and O–H groups in total. The van der Waals surface area contributed by atoms with Gasteiger partial charge < -0.3 is 10.1 Å². The van der Waals surface area contributed by atoms with Crippen molar-refractivity contribution >= 4 is 29.1 Å². The largest absolute Gasteiger partial charge is 0.494 e. The standard InChI is InChI=1S/C12H13Cl2NO2/c1-3-4-5-15-12(16)8-6-9(13)11(17-2)10(14)7-8/h3,6-7H,1,4-5H2,2H3,(H,15,16). The van der Waals surface area contributed by atoms with Gasteiger partial charge in [0.25, 0.3) is 5.91 Å². The number of ether oxygens (including phenoxy) is 1. The monoisotopic (exact) mass is 273 g/mol. The molecular formula is C12H13Cl2NO2. The minimum atomic E-state index is -0.224. The highest BCUT2D eigenvalue weighted by Crippen LogP contribution is 2.33. The molecule has 0 heterocycles. The summed E-state index contributed by atoms with van der Waals surface area (Å²) in [5.74, 6) is 0.147. The molecule has 1 aromatic rings. The zero-order valence-electron chi connectivity index (χ0n) is 9.43. The molecule has 0 aliphatic rings. The molecule has 0 saturated carbocycles. The number of hydrogen-bond acceptors (Lipinski definition) is 2. The fraction of sp³-hybridized carbons (Fsp3) is 0.250. The number of nitrogens with one attached hydrogen (secondary N) is 1. The molecule has 17 heavy (non-hydrogen) atoms. The molecule has 0 fully saturated rings. The Morgan fingerprint density at radius 3 is 2.53 bits per heavy atom. The van der Waals surface area contributed by atoms with E-state index in [1.165, 1.54) is 19.2 Å². The van der Waals surface area contributed by atoms with E-state index < -0.39 is 0 Å². The van der Waals surface area contributed by atoms with E-state index in [4.69, 9.17) is 27.9 Å². The molecule has 1 aromatic carbocycles. The van der Waals surface area contributed by atoms with Crippen molar-refractivity contribution < 1.29 is 9.53 Å². The van der Waals surface area contributed by atoms with Crippen LogP contribution in [0.2, 0.25) is 10.0 Å². The predicted molar refractivity (Wildman–Crippen MR) is 70.2 cm³/mol. The SMILES string of the molecule is C=CCCNC(=O)c1cc(Cl)c(OC)c(Cl)c1. The van der Waals surface area contributed by atoms with Gasteiger partial charge in [-0.3, -0.25) is 4.79 Å². The molecule has 0 saturated heterocycles. The van der Waals surface area contributed by atoms with Crippen molar-refractivity contribution in [1.29, 1.82) is 0 Å². The van der Waals surface area contributed by atoms with Gasteiger partial charge in [-0.05, 0) is 18.6 Å². The Hall–Kier alpha value is -1.19. The maximum atomic E-state index is 11.7. The van der Waals surface area contributed by atoms with Gasteiger partial charge in [-0.2, -0.15) is 0 Å². The zero-order chi connectivity index (χ0) is 12.8. The van der Waals surface area contributed by atoms with Crippen LogP contribution >= 0.6 is 23.2 Å². The Labute approximate surface area is 110 Å². The van der Waals surface area contributed by atoms with E-state index in [1.807, 2.05) is 0 Å². The molecule has 0 aromatic heterocycles. The van der Waals surface area contributed by atoms with Crippen molar-refractivity contribution in [2.75, 3.05) is 13.7 Å². The van der Waals surface area contributed by atoms with Gasteiger partial charge in [-0.1, -0.05) is 29.3 Å².